The molecule has 0 spiro atoms. The third-order valence-electron chi connectivity index (χ3n) is 4.95. The zero-order chi connectivity index (χ0) is 20.5. The van der Waals surface area contributed by atoms with Gasteiger partial charge in [-0.25, -0.2) is 12.8 Å². The van der Waals surface area contributed by atoms with Crippen LogP contribution in [0.5, 0.6) is 0 Å². The zero-order valence-electron chi connectivity index (χ0n) is 16.1. The fourth-order valence-electron chi connectivity index (χ4n) is 3.30. The predicted molar refractivity (Wildman–Crippen MR) is 109 cm³/mol. The summed E-state index contributed by atoms with van der Waals surface area (Å²) in [5, 5.41) is 2.60. The minimum atomic E-state index is -3.53. The molecule has 1 aromatic carbocycles. The van der Waals surface area contributed by atoms with Crippen molar-refractivity contribution >= 4 is 33.0 Å². The standard InChI is InChI=1S/C19H24FN3O3S2/c1-13-12-18(15(3)27-13)28(25,26)23-10-8-22(9-11-23)14(2)19(24)21-17-7-5-4-6-16(17)20/h4-7,12,14H,8-11H2,1-3H3,(H,21,24). The van der Waals surface area contributed by atoms with Gasteiger partial charge in [0, 0.05) is 35.9 Å². The molecule has 1 aliphatic heterocycles. The number of para-hydroxylation sites is 1. The van der Waals surface area contributed by atoms with E-state index in [0.29, 0.717) is 31.1 Å². The fraction of sp³-hybridized carbons (Fsp3) is 0.421. The molecule has 1 unspecified atom stereocenters. The van der Waals surface area contributed by atoms with Crippen LogP contribution in [0.15, 0.2) is 35.2 Å². The number of hydrogen-bond donors (Lipinski definition) is 1. The molecular weight excluding hydrogens is 401 g/mol. The van der Waals surface area contributed by atoms with Gasteiger partial charge in [-0.2, -0.15) is 4.31 Å². The number of carbonyl (C=O) groups excluding carboxylic acids is 1. The van der Waals surface area contributed by atoms with Crippen molar-refractivity contribution in [3.8, 4) is 0 Å². The summed E-state index contributed by atoms with van der Waals surface area (Å²) in [6, 6.07) is 7.24. The third kappa shape index (κ3) is 4.27. The molecule has 6 nitrogen and oxygen atoms in total. The number of halogens is 1. The summed E-state index contributed by atoms with van der Waals surface area (Å²) < 4.78 is 41.0. The van der Waals surface area contributed by atoms with Gasteiger partial charge < -0.3 is 5.32 Å². The molecule has 1 aromatic heterocycles. The van der Waals surface area contributed by atoms with Crippen molar-refractivity contribution in [2.24, 2.45) is 0 Å². The maximum Gasteiger partial charge on any atom is 0.244 e. The summed E-state index contributed by atoms with van der Waals surface area (Å²) in [5.41, 5.74) is 0.142. The molecule has 0 bridgehead atoms. The topological polar surface area (TPSA) is 69.7 Å². The highest BCUT2D eigenvalue weighted by Crippen LogP contribution is 2.28. The van der Waals surface area contributed by atoms with Crippen LogP contribution in [0.3, 0.4) is 0 Å². The van der Waals surface area contributed by atoms with Crippen molar-refractivity contribution in [1.29, 1.82) is 0 Å². The van der Waals surface area contributed by atoms with Gasteiger partial charge in [0.15, 0.2) is 0 Å². The van der Waals surface area contributed by atoms with E-state index < -0.39 is 21.9 Å². The average molecular weight is 426 g/mol. The van der Waals surface area contributed by atoms with Crippen LogP contribution in [0.25, 0.3) is 0 Å². The van der Waals surface area contributed by atoms with Crippen LogP contribution in [0.1, 0.15) is 16.7 Å². The van der Waals surface area contributed by atoms with Crippen molar-refractivity contribution in [1.82, 2.24) is 9.21 Å². The molecule has 28 heavy (non-hydrogen) atoms. The van der Waals surface area contributed by atoms with Crippen molar-refractivity contribution in [3.05, 3.63) is 45.9 Å². The maximum atomic E-state index is 13.7. The van der Waals surface area contributed by atoms with E-state index >= 15 is 0 Å². The normalized spacial score (nSPS) is 17.4. The summed E-state index contributed by atoms with van der Waals surface area (Å²) >= 11 is 1.47. The van der Waals surface area contributed by atoms with Gasteiger partial charge in [-0.05, 0) is 39.0 Å². The van der Waals surface area contributed by atoms with Crippen LogP contribution in [0, 0.1) is 19.7 Å². The molecule has 2 heterocycles. The van der Waals surface area contributed by atoms with Gasteiger partial charge in [-0.1, -0.05) is 12.1 Å². The number of nitrogens with one attached hydrogen (secondary N) is 1. The molecule has 1 saturated heterocycles. The van der Waals surface area contributed by atoms with E-state index in [-0.39, 0.29) is 11.6 Å². The van der Waals surface area contributed by atoms with Gasteiger partial charge >= 0.3 is 0 Å². The van der Waals surface area contributed by atoms with E-state index in [1.165, 1.54) is 27.8 Å². The fourth-order valence-corrected chi connectivity index (χ4v) is 6.25. The molecule has 1 fully saturated rings. The highest BCUT2D eigenvalue weighted by atomic mass is 32.2. The van der Waals surface area contributed by atoms with Crippen molar-refractivity contribution in [3.63, 3.8) is 0 Å². The second-order valence-corrected chi connectivity index (χ2v) is 10.2. The second-order valence-electron chi connectivity index (χ2n) is 6.86. The van der Waals surface area contributed by atoms with Crippen LogP contribution < -0.4 is 5.32 Å². The summed E-state index contributed by atoms with van der Waals surface area (Å²) in [6.07, 6.45) is 0. The molecule has 2 aromatic rings. The first-order chi connectivity index (χ1) is 13.2. The summed E-state index contributed by atoms with van der Waals surface area (Å²) in [5.74, 6) is -0.800. The zero-order valence-corrected chi connectivity index (χ0v) is 17.7. The Bertz CT molecular complexity index is 967. The molecule has 1 amide bonds. The van der Waals surface area contributed by atoms with Crippen LogP contribution in [0.2, 0.25) is 0 Å². The van der Waals surface area contributed by atoms with Gasteiger partial charge in [0.1, 0.15) is 5.82 Å². The quantitative estimate of drug-likeness (QED) is 0.800. The van der Waals surface area contributed by atoms with Crippen molar-refractivity contribution < 1.29 is 17.6 Å². The number of nitrogens with zero attached hydrogens (tertiary/aromatic N) is 2. The first-order valence-corrected chi connectivity index (χ1v) is 11.3. The van der Waals surface area contributed by atoms with E-state index in [9.17, 15) is 17.6 Å². The monoisotopic (exact) mass is 425 g/mol. The maximum absolute atomic E-state index is 13.7. The molecule has 0 aliphatic carbocycles. The lowest BCUT2D eigenvalue weighted by Gasteiger charge is -2.36. The molecule has 0 saturated carbocycles. The Morgan fingerprint density at radius 1 is 1.18 bits per heavy atom. The number of aryl methyl sites for hydroxylation is 2. The molecule has 1 N–H and O–H groups in total. The van der Waals surface area contributed by atoms with E-state index in [0.717, 1.165) is 9.75 Å². The first kappa shape index (κ1) is 20.9. The Balaban J connectivity index is 1.62. The number of rotatable bonds is 5. The van der Waals surface area contributed by atoms with E-state index in [4.69, 9.17) is 0 Å². The average Bonchev–Trinajstić information content (AvgIpc) is 3.02. The SMILES string of the molecule is Cc1cc(S(=O)(=O)N2CCN(C(C)C(=O)Nc3ccccc3F)CC2)c(C)s1. The summed E-state index contributed by atoms with van der Waals surface area (Å²) in [6.45, 7) is 6.95. The van der Waals surface area contributed by atoms with Gasteiger partial charge in [-0.15, -0.1) is 11.3 Å². The predicted octanol–water partition coefficient (Wildman–Crippen LogP) is 2.84. The lowest BCUT2D eigenvalue weighted by atomic mass is 10.2. The second kappa shape index (κ2) is 8.28. The number of piperazine rings is 1. The molecule has 152 valence electrons. The molecule has 0 radical (unpaired) electrons. The molecule has 1 atom stereocenters. The Morgan fingerprint density at radius 2 is 1.82 bits per heavy atom. The minimum Gasteiger partial charge on any atom is -0.322 e. The lowest BCUT2D eigenvalue weighted by molar-refractivity contribution is -0.121. The first-order valence-electron chi connectivity index (χ1n) is 9.07. The highest BCUT2D eigenvalue weighted by molar-refractivity contribution is 7.89. The van der Waals surface area contributed by atoms with Gasteiger partial charge in [0.2, 0.25) is 15.9 Å². The highest BCUT2D eigenvalue weighted by Gasteiger charge is 2.33. The van der Waals surface area contributed by atoms with Gasteiger partial charge in [0.05, 0.1) is 16.6 Å². The van der Waals surface area contributed by atoms with Crippen LogP contribution in [0.4, 0.5) is 10.1 Å². The number of amides is 1. The number of thiophene rings is 1. The Labute approximate surface area is 169 Å². The molecule has 1 aliphatic rings. The number of benzene rings is 1. The minimum absolute atomic E-state index is 0.142. The largest absolute Gasteiger partial charge is 0.322 e. The molecular formula is C19H24FN3O3S2. The van der Waals surface area contributed by atoms with E-state index in [1.54, 1.807) is 25.1 Å². The van der Waals surface area contributed by atoms with Crippen LogP contribution in [-0.2, 0) is 14.8 Å². The van der Waals surface area contributed by atoms with Gasteiger partial charge in [-0.3, -0.25) is 9.69 Å². The van der Waals surface area contributed by atoms with Crippen molar-refractivity contribution in [2.45, 2.75) is 31.7 Å². The Hall–Kier alpha value is -1.81. The van der Waals surface area contributed by atoms with Gasteiger partial charge in [0.25, 0.3) is 0 Å². The van der Waals surface area contributed by atoms with E-state index in [1.807, 2.05) is 18.7 Å². The number of sulfonamides is 1. The summed E-state index contributed by atoms with van der Waals surface area (Å²) in [7, 11) is -3.53. The smallest absolute Gasteiger partial charge is 0.244 e. The third-order valence-corrected chi connectivity index (χ3v) is 8.07. The lowest BCUT2D eigenvalue weighted by Crippen LogP contribution is -2.53. The van der Waals surface area contributed by atoms with E-state index in [2.05, 4.69) is 5.32 Å². The van der Waals surface area contributed by atoms with Crippen molar-refractivity contribution in [2.75, 3.05) is 31.5 Å². The Kier molecular flexibility index (Phi) is 6.18. The summed E-state index contributed by atoms with van der Waals surface area (Å²) in [4.78, 5) is 16.5. The number of hydrogen-bond acceptors (Lipinski definition) is 5. The Morgan fingerprint density at radius 3 is 2.39 bits per heavy atom. The molecule has 3 rings (SSSR count). The van der Waals surface area contributed by atoms with Crippen LogP contribution in [-0.4, -0.2) is 55.8 Å². The number of carbonyl (C=O) groups is 1. The molecule has 9 heteroatoms. The number of anilines is 1. The van der Waals surface area contributed by atoms with Crippen LogP contribution >= 0.6 is 11.3 Å².